The Morgan fingerprint density at radius 2 is 1.57 bits per heavy atom. The Bertz CT molecular complexity index is 909. The third-order valence-corrected chi connectivity index (χ3v) is 5.05. The van der Waals surface area contributed by atoms with Gasteiger partial charge in [-0.2, -0.15) is 0 Å². The number of carbonyl (C=O) groups excluding carboxylic acids is 2. The van der Waals surface area contributed by atoms with Crippen molar-refractivity contribution in [3.8, 4) is 11.1 Å². The molecular weight excluding hydrogens is 384 g/mol. The molecule has 2 aromatic rings. The van der Waals surface area contributed by atoms with Crippen molar-refractivity contribution in [1.82, 2.24) is 10.6 Å². The number of ether oxygens (including phenoxy) is 1. The summed E-state index contributed by atoms with van der Waals surface area (Å²) >= 11 is 0. The molecule has 30 heavy (non-hydrogen) atoms. The van der Waals surface area contributed by atoms with E-state index in [4.69, 9.17) is 9.84 Å². The number of benzene rings is 2. The summed E-state index contributed by atoms with van der Waals surface area (Å²) in [4.78, 5) is 34.9. The zero-order valence-electron chi connectivity index (χ0n) is 17.1. The minimum absolute atomic E-state index is 0.0107. The van der Waals surface area contributed by atoms with Crippen molar-refractivity contribution >= 4 is 18.0 Å². The minimum atomic E-state index is -0.980. The number of carboxylic acid groups (broad SMARTS) is 1. The fourth-order valence-electron chi connectivity index (χ4n) is 3.73. The van der Waals surface area contributed by atoms with Crippen LogP contribution in [0.15, 0.2) is 48.5 Å². The first-order valence-electron chi connectivity index (χ1n) is 9.88. The normalized spacial score (nSPS) is 12.6. The number of hydrogen-bond acceptors (Lipinski definition) is 4. The molecule has 0 unspecified atom stereocenters. The molecule has 0 saturated carbocycles. The van der Waals surface area contributed by atoms with Gasteiger partial charge in [0, 0.05) is 24.4 Å². The van der Waals surface area contributed by atoms with Crippen LogP contribution in [-0.2, 0) is 14.3 Å². The van der Waals surface area contributed by atoms with Gasteiger partial charge in [-0.3, -0.25) is 9.59 Å². The molecule has 0 atom stereocenters. The average Bonchev–Trinajstić information content (AvgIpc) is 2.99. The smallest absolute Gasteiger partial charge is 0.407 e. The van der Waals surface area contributed by atoms with E-state index in [-0.39, 0.29) is 37.8 Å². The number of carbonyl (C=O) groups is 3. The SMILES string of the molecule is CC(C)(CC(=O)NCCC(=O)O)NC(=O)OCC1c2ccccc2-c2ccccc21. The van der Waals surface area contributed by atoms with Crippen LogP contribution in [0.25, 0.3) is 11.1 Å². The van der Waals surface area contributed by atoms with Gasteiger partial charge in [0.15, 0.2) is 0 Å². The third kappa shape index (κ3) is 5.17. The van der Waals surface area contributed by atoms with Gasteiger partial charge in [0.2, 0.25) is 5.91 Å². The van der Waals surface area contributed by atoms with Crippen molar-refractivity contribution < 1.29 is 24.2 Å². The average molecular weight is 410 g/mol. The standard InChI is InChI=1S/C23H26N2O5/c1-23(2,13-20(26)24-12-11-21(27)28)25-22(29)30-14-19-17-9-5-3-7-15(17)16-8-4-6-10-18(16)19/h3-10,19H,11-14H2,1-2H3,(H,24,26)(H,25,29)(H,27,28). The molecule has 7 nitrogen and oxygen atoms in total. The van der Waals surface area contributed by atoms with Gasteiger partial charge in [0.25, 0.3) is 0 Å². The van der Waals surface area contributed by atoms with Crippen molar-refractivity contribution in [1.29, 1.82) is 0 Å². The van der Waals surface area contributed by atoms with Crippen LogP contribution in [-0.4, -0.2) is 41.8 Å². The second kappa shape index (κ2) is 8.98. The number of nitrogens with one attached hydrogen (secondary N) is 2. The van der Waals surface area contributed by atoms with Crippen LogP contribution >= 0.6 is 0 Å². The Morgan fingerprint density at radius 3 is 2.13 bits per heavy atom. The topological polar surface area (TPSA) is 105 Å². The highest BCUT2D eigenvalue weighted by molar-refractivity contribution is 5.80. The number of alkyl carbamates (subject to hydrolysis) is 1. The summed E-state index contributed by atoms with van der Waals surface area (Å²) in [5, 5.41) is 13.9. The fourth-order valence-corrected chi connectivity index (χ4v) is 3.73. The van der Waals surface area contributed by atoms with E-state index in [2.05, 4.69) is 22.8 Å². The molecule has 0 aromatic heterocycles. The largest absolute Gasteiger partial charge is 0.481 e. The molecule has 0 fully saturated rings. The van der Waals surface area contributed by atoms with Crippen molar-refractivity contribution in [2.45, 2.75) is 38.1 Å². The van der Waals surface area contributed by atoms with E-state index in [9.17, 15) is 14.4 Å². The quantitative estimate of drug-likeness (QED) is 0.619. The van der Waals surface area contributed by atoms with Crippen molar-refractivity contribution in [3.05, 3.63) is 59.7 Å². The first-order chi connectivity index (χ1) is 14.3. The van der Waals surface area contributed by atoms with Crippen LogP contribution < -0.4 is 10.6 Å². The Morgan fingerprint density at radius 1 is 1.00 bits per heavy atom. The third-order valence-electron chi connectivity index (χ3n) is 5.05. The summed E-state index contributed by atoms with van der Waals surface area (Å²) in [5.74, 6) is -1.35. The molecule has 1 aliphatic carbocycles. The zero-order chi connectivity index (χ0) is 21.7. The van der Waals surface area contributed by atoms with Gasteiger partial charge in [-0.1, -0.05) is 48.5 Å². The summed E-state index contributed by atoms with van der Waals surface area (Å²) in [6.45, 7) is 3.67. The molecule has 0 saturated heterocycles. The number of aliphatic carboxylic acids is 1. The van der Waals surface area contributed by atoms with Crippen molar-refractivity contribution in [3.63, 3.8) is 0 Å². The Kier molecular flexibility index (Phi) is 6.40. The minimum Gasteiger partial charge on any atom is -0.481 e. The van der Waals surface area contributed by atoms with Gasteiger partial charge in [0.1, 0.15) is 6.61 Å². The van der Waals surface area contributed by atoms with Crippen molar-refractivity contribution in [2.24, 2.45) is 0 Å². The lowest BCUT2D eigenvalue weighted by atomic mass is 9.98. The second-order valence-electron chi connectivity index (χ2n) is 8.00. The van der Waals surface area contributed by atoms with Gasteiger partial charge in [-0.25, -0.2) is 4.79 Å². The number of carboxylic acids is 1. The molecule has 1 aliphatic rings. The van der Waals surface area contributed by atoms with E-state index in [1.54, 1.807) is 13.8 Å². The highest BCUT2D eigenvalue weighted by Gasteiger charge is 2.30. The van der Waals surface area contributed by atoms with E-state index in [1.165, 1.54) is 0 Å². The maximum Gasteiger partial charge on any atom is 0.407 e. The molecule has 0 spiro atoms. The van der Waals surface area contributed by atoms with Crippen LogP contribution in [0.3, 0.4) is 0 Å². The Hall–Kier alpha value is -3.35. The summed E-state index contributed by atoms with van der Waals surface area (Å²) in [6.07, 6.45) is -0.733. The van der Waals surface area contributed by atoms with E-state index in [0.29, 0.717) is 0 Å². The van der Waals surface area contributed by atoms with Gasteiger partial charge < -0.3 is 20.5 Å². The molecule has 3 N–H and O–H groups in total. The highest BCUT2D eigenvalue weighted by Crippen LogP contribution is 2.44. The molecule has 0 radical (unpaired) electrons. The molecule has 2 aromatic carbocycles. The van der Waals surface area contributed by atoms with Gasteiger partial charge in [-0.15, -0.1) is 0 Å². The number of hydrogen-bond donors (Lipinski definition) is 3. The second-order valence-corrected chi connectivity index (χ2v) is 8.00. The molecular formula is C23H26N2O5. The summed E-state index contributed by atoms with van der Waals surface area (Å²) in [5.41, 5.74) is 3.73. The van der Waals surface area contributed by atoms with Gasteiger partial charge in [0.05, 0.1) is 6.42 Å². The number of rotatable bonds is 8. The van der Waals surface area contributed by atoms with Crippen LogP contribution in [0.4, 0.5) is 4.79 Å². The lowest BCUT2D eigenvalue weighted by Gasteiger charge is -2.25. The maximum absolute atomic E-state index is 12.4. The molecule has 7 heteroatoms. The van der Waals surface area contributed by atoms with Crippen LogP contribution in [0, 0.1) is 0 Å². The molecule has 0 aliphatic heterocycles. The Labute approximate surface area is 175 Å². The maximum atomic E-state index is 12.4. The van der Waals surface area contributed by atoms with Gasteiger partial charge in [-0.05, 0) is 36.1 Å². The summed E-state index contributed by atoms with van der Waals surface area (Å²) in [6, 6.07) is 16.2. The fraction of sp³-hybridized carbons (Fsp3) is 0.348. The first-order valence-corrected chi connectivity index (χ1v) is 9.88. The molecule has 0 bridgehead atoms. The number of fused-ring (bicyclic) bond motifs is 3. The van der Waals surface area contributed by atoms with E-state index in [0.717, 1.165) is 22.3 Å². The lowest BCUT2D eigenvalue weighted by molar-refractivity contribution is -0.136. The van der Waals surface area contributed by atoms with E-state index in [1.807, 2.05) is 36.4 Å². The lowest BCUT2D eigenvalue weighted by Crippen LogP contribution is -2.47. The molecule has 0 heterocycles. The predicted octanol–water partition coefficient (Wildman–Crippen LogP) is 3.28. The monoisotopic (exact) mass is 410 g/mol. The summed E-state index contributed by atoms with van der Waals surface area (Å²) < 4.78 is 5.51. The van der Waals surface area contributed by atoms with Gasteiger partial charge >= 0.3 is 12.1 Å². The van der Waals surface area contributed by atoms with Crippen LogP contribution in [0.5, 0.6) is 0 Å². The Balaban J connectivity index is 1.55. The summed E-state index contributed by atoms with van der Waals surface area (Å²) in [7, 11) is 0. The van der Waals surface area contributed by atoms with Crippen LogP contribution in [0.1, 0.15) is 43.7 Å². The van der Waals surface area contributed by atoms with E-state index < -0.39 is 17.6 Å². The van der Waals surface area contributed by atoms with Crippen molar-refractivity contribution in [2.75, 3.05) is 13.2 Å². The van der Waals surface area contributed by atoms with E-state index >= 15 is 0 Å². The van der Waals surface area contributed by atoms with Crippen LogP contribution in [0.2, 0.25) is 0 Å². The molecule has 2 amide bonds. The molecule has 158 valence electrons. The molecule has 3 rings (SSSR count). The zero-order valence-corrected chi connectivity index (χ0v) is 17.1. The predicted molar refractivity (Wildman–Crippen MR) is 112 cm³/mol. The highest BCUT2D eigenvalue weighted by atomic mass is 16.5. The first kappa shape index (κ1) is 21.4. The number of amides is 2.